The highest BCUT2D eigenvalue weighted by Crippen LogP contribution is 2.29. The van der Waals surface area contributed by atoms with Crippen molar-refractivity contribution in [2.45, 2.75) is 13.1 Å². The van der Waals surface area contributed by atoms with E-state index in [9.17, 15) is 19.3 Å². The number of halogens is 1. The number of nitrogens with zero attached hydrogens (tertiary/aromatic N) is 6. The fraction of sp³-hybridized carbons (Fsp3) is 0.357. The van der Waals surface area contributed by atoms with E-state index in [0.29, 0.717) is 18.9 Å². The minimum absolute atomic E-state index is 0.205. The highest BCUT2D eigenvalue weighted by atomic mass is 19.1. The molecule has 126 valence electrons. The van der Waals surface area contributed by atoms with Gasteiger partial charge in [-0.2, -0.15) is 0 Å². The normalized spacial score (nSPS) is 13.8. The van der Waals surface area contributed by atoms with Crippen LogP contribution >= 0.6 is 0 Å². The molecule has 0 saturated heterocycles. The third-order valence-corrected chi connectivity index (χ3v) is 3.95. The fourth-order valence-corrected chi connectivity index (χ4v) is 2.63. The Balaban J connectivity index is 1.89. The van der Waals surface area contributed by atoms with Crippen LogP contribution in [0.3, 0.4) is 0 Å². The molecule has 0 N–H and O–H groups in total. The molecule has 0 saturated carbocycles. The number of nitro benzene ring substituents is 1. The number of carbonyl (C=O) groups is 1. The predicted molar refractivity (Wildman–Crippen MR) is 82.1 cm³/mol. The lowest BCUT2D eigenvalue weighted by molar-refractivity contribution is -0.384. The van der Waals surface area contributed by atoms with Gasteiger partial charge in [-0.3, -0.25) is 14.9 Å². The highest BCUT2D eigenvalue weighted by Gasteiger charge is 2.27. The monoisotopic (exact) mass is 334 g/mol. The van der Waals surface area contributed by atoms with E-state index in [4.69, 9.17) is 0 Å². The summed E-state index contributed by atoms with van der Waals surface area (Å²) in [4.78, 5) is 25.7. The van der Waals surface area contributed by atoms with Gasteiger partial charge in [-0.05, 0) is 12.1 Å². The summed E-state index contributed by atoms with van der Waals surface area (Å²) in [7, 11) is 3.33. The number of hydrogen-bond donors (Lipinski definition) is 0. The lowest BCUT2D eigenvalue weighted by atomic mass is 10.2. The SMILES string of the molecule is CN1CCn2c(CN(C)c3ccc(F)cc3[N+](=O)[O-])nnc2C1=O. The second-order valence-corrected chi connectivity index (χ2v) is 5.56. The molecule has 0 atom stereocenters. The molecule has 0 unspecified atom stereocenters. The fourth-order valence-electron chi connectivity index (χ4n) is 2.63. The number of likely N-dealkylation sites (N-methyl/N-ethyl adjacent to an activating group) is 1. The van der Waals surface area contributed by atoms with E-state index in [0.717, 1.165) is 12.1 Å². The first-order chi connectivity index (χ1) is 11.4. The highest BCUT2D eigenvalue weighted by molar-refractivity contribution is 5.91. The van der Waals surface area contributed by atoms with Crippen LogP contribution in [0.15, 0.2) is 18.2 Å². The standard InChI is InChI=1S/C14H15FN6O3/c1-18-5-6-20-12(16-17-13(20)14(18)22)8-19(2)10-4-3-9(15)7-11(10)21(23)24/h3-4,7H,5-6,8H2,1-2H3. The van der Waals surface area contributed by atoms with E-state index in [1.807, 2.05) is 0 Å². The van der Waals surface area contributed by atoms with Gasteiger partial charge in [0.1, 0.15) is 11.5 Å². The summed E-state index contributed by atoms with van der Waals surface area (Å²) < 4.78 is 15.0. The van der Waals surface area contributed by atoms with Crippen molar-refractivity contribution in [3.05, 3.63) is 45.8 Å². The van der Waals surface area contributed by atoms with Gasteiger partial charge in [-0.25, -0.2) is 4.39 Å². The first-order valence-corrected chi connectivity index (χ1v) is 7.21. The molecule has 1 aromatic carbocycles. The molecule has 0 aliphatic carbocycles. The molecule has 3 rings (SSSR count). The average Bonchev–Trinajstić information content (AvgIpc) is 2.94. The molecule has 24 heavy (non-hydrogen) atoms. The van der Waals surface area contributed by atoms with Crippen LogP contribution in [0.5, 0.6) is 0 Å². The minimum atomic E-state index is -0.674. The lowest BCUT2D eigenvalue weighted by Crippen LogP contribution is -2.38. The topological polar surface area (TPSA) is 97.4 Å². The van der Waals surface area contributed by atoms with Gasteiger partial charge in [0.2, 0.25) is 5.82 Å². The largest absolute Gasteiger partial charge is 0.361 e. The van der Waals surface area contributed by atoms with Crippen molar-refractivity contribution in [2.24, 2.45) is 0 Å². The number of aromatic nitrogens is 3. The van der Waals surface area contributed by atoms with Crippen molar-refractivity contribution in [1.82, 2.24) is 19.7 Å². The third-order valence-electron chi connectivity index (χ3n) is 3.95. The van der Waals surface area contributed by atoms with E-state index in [1.165, 1.54) is 6.07 Å². The number of amides is 1. The number of fused-ring (bicyclic) bond motifs is 1. The van der Waals surface area contributed by atoms with Crippen molar-refractivity contribution in [2.75, 3.05) is 25.5 Å². The Labute approximate surface area is 136 Å². The van der Waals surface area contributed by atoms with Gasteiger partial charge in [0, 0.05) is 27.2 Å². The van der Waals surface area contributed by atoms with E-state index in [2.05, 4.69) is 10.2 Å². The molecule has 0 radical (unpaired) electrons. The van der Waals surface area contributed by atoms with Crippen molar-refractivity contribution in [1.29, 1.82) is 0 Å². The van der Waals surface area contributed by atoms with E-state index in [-0.39, 0.29) is 29.7 Å². The molecule has 0 spiro atoms. The van der Waals surface area contributed by atoms with Crippen LogP contribution in [0.4, 0.5) is 15.8 Å². The van der Waals surface area contributed by atoms with Gasteiger partial charge in [-0.1, -0.05) is 0 Å². The van der Waals surface area contributed by atoms with Crippen LogP contribution in [-0.2, 0) is 13.1 Å². The molecule has 1 aromatic heterocycles. The van der Waals surface area contributed by atoms with Crippen LogP contribution in [0.2, 0.25) is 0 Å². The maximum absolute atomic E-state index is 13.3. The number of nitro groups is 1. The van der Waals surface area contributed by atoms with Crippen molar-refractivity contribution < 1.29 is 14.1 Å². The first kappa shape index (κ1) is 15.8. The maximum atomic E-state index is 13.3. The van der Waals surface area contributed by atoms with Crippen molar-refractivity contribution in [3.8, 4) is 0 Å². The maximum Gasteiger partial charge on any atom is 0.295 e. The summed E-state index contributed by atoms with van der Waals surface area (Å²) in [6.07, 6.45) is 0. The van der Waals surface area contributed by atoms with E-state index >= 15 is 0 Å². The van der Waals surface area contributed by atoms with Crippen LogP contribution in [0.25, 0.3) is 0 Å². The zero-order valence-corrected chi connectivity index (χ0v) is 13.1. The Hall–Kier alpha value is -3.04. The Morgan fingerprint density at radius 2 is 2.12 bits per heavy atom. The number of hydrogen-bond acceptors (Lipinski definition) is 6. The number of benzene rings is 1. The van der Waals surface area contributed by atoms with Gasteiger partial charge in [-0.15, -0.1) is 10.2 Å². The minimum Gasteiger partial charge on any atom is -0.361 e. The predicted octanol–water partition coefficient (Wildman–Crippen LogP) is 1.05. The summed E-state index contributed by atoms with van der Waals surface area (Å²) >= 11 is 0. The molecule has 0 bridgehead atoms. The smallest absolute Gasteiger partial charge is 0.295 e. The van der Waals surface area contributed by atoms with Gasteiger partial charge in [0.25, 0.3) is 11.6 Å². The molecule has 10 heteroatoms. The molecule has 1 aliphatic rings. The van der Waals surface area contributed by atoms with Gasteiger partial charge < -0.3 is 14.4 Å². The molecular formula is C14H15FN6O3. The Kier molecular flexibility index (Phi) is 3.87. The average molecular weight is 334 g/mol. The molecule has 0 fully saturated rings. The number of carbonyl (C=O) groups excluding carboxylic acids is 1. The van der Waals surface area contributed by atoms with Crippen LogP contribution in [0, 0.1) is 15.9 Å². The molecule has 1 amide bonds. The zero-order chi connectivity index (χ0) is 17.4. The Morgan fingerprint density at radius 1 is 1.38 bits per heavy atom. The van der Waals surface area contributed by atoms with E-state index < -0.39 is 10.7 Å². The molecular weight excluding hydrogens is 319 g/mol. The summed E-state index contributed by atoms with van der Waals surface area (Å²) in [6.45, 7) is 1.30. The third kappa shape index (κ3) is 2.66. The van der Waals surface area contributed by atoms with Gasteiger partial charge in [0.05, 0.1) is 17.5 Å². The summed E-state index contributed by atoms with van der Waals surface area (Å²) in [5.74, 6) is -0.115. The number of rotatable bonds is 4. The van der Waals surface area contributed by atoms with Crippen LogP contribution in [-0.4, -0.2) is 51.1 Å². The lowest BCUT2D eigenvalue weighted by Gasteiger charge is -2.25. The summed E-state index contributed by atoms with van der Waals surface area (Å²) in [5.41, 5.74) is -0.0651. The zero-order valence-electron chi connectivity index (χ0n) is 13.1. The quantitative estimate of drug-likeness (QED) is 0.612. The Morgan fingerprint density at radius 3 is 2.83 bits per heavy atom. The van der Waals surface area contributed by atoms with Gasteiger partial charge in [0.15, 0.2) is 5.82 Å². The number of anilines is 1. The van der Waals surface area contributed by atoms with Crippen molar-refractivity contribution in [3.63, 3.8) is 0 Å². The van der Waals surface area contributed by atoms with Crippen LogP contribution < -0.4 is 4.90 Å². The second-order valence-electron chi connectivity index (χ2n) is 5.56. The van der Waals surface area contributed by atoms with Gasteiger partial charge >= 0.3 is 0 Å². The second kappa shape index (κ2) is 5.87. The molecule has 2 heterocycles. The molecule has 9 nitrogen and oxygen atoms in total. The van der Waals surface area contributed by atoms with Crippen molar-refractivity contribution >= 4 is 17.3 Å². The van der Waals surface area contributed by atoms with Crippen LogP contribution in [0.1, 0.15) is 16.4 Å². The van der Waals surface area contributed by atoms with E-state index in [1.54, 1.807) is 28.5 Å². The molecule has 2 aromatic rings. The summed E-state index contributed by atoms with van der Waals surface area (Å²) in [6, 6.07) is 3.39. The molecule has 1 aliphatic heterocycles. The first-order valence-electron chi connectivity index (χ1n) is 7.21. The summed E-state index contributed by atoms with van der Waals surface area (Å²) in [5, 5.41) is 19.0. The Bertz CT molecular complexity index is 821.